The highest BCUT2D eigenvalue weighted by Gasteiger charge is 2.11. The number of benzene rings is 1. The van der Waals surface area contributed by atoms with E-state index in [0.29, 0.717) is 12.4 Å². The average Bonchev–Trinajstić information content (AvgIpc) is 2.29. The highest BCUT2D eigenvalue weighted by molar-refractivity contribution is 5.43. The first-order valence-electron chi connectivity index (χ1n) is 5.52. The first-order valence-corrected chi connectivity index (χ1v) is 5.52. The van der Waals surface area contributed by atoms with E-state index in [1.807, 2.05) is 7.05 Å². The smallest absolute Gasteiger partial charge is 0.387 e. The van der Waals surface area contributed by atoms with E-state index in [1.165, 1.54) is 6.07 Å². The van der Waals surface area contributed by atoms with E-state index in [9.17, 15) is 8.78 Å². The average molecular weight is 245 g/mol. The summed E-state index contributed by atoms with van der Waals surface area (Å²) in [5.41, 5.74) is 1.02. The first kappa shape index (κ1) is 13.7. The minimum Gasteiger partial charge on any atom is -0.490 e. The molecule has 0 aliphatic carbocycles. The van der Waals surface area contributed by atoms with Crippen LogP contribution >= 0.6 is 0 Å². The Hall–Kier alpha value is -1.36. The molecule has 0 saturated heterocycles. The summed E-state index contributed by atoms with van der Waals surface area (Å²) in [5, 5.41) is 3.02. The Morgan fingerprint density at radius 2 is 2.06 bits per heavy atom. The lowest BCUT2D eigenvalue weighted by molar-refractivity contribution is -0.0514. The van der Waals surface area contributed by atoms with E-state index in [2.05, 4.69) is 10.1 Å². The van der Waals surface area contributed by atoms with Gasteiger partial charge in [0, 0.05) is 0 Å². The fraction of sp³-hybridized carbons (Fsp3) is 0.500. The molecule has 0 aliphatic rings. The largest absolute Gasteiger partial charge is 0.490 e. The predicted octanol–water partition coefficient (Wildman–Crippen LogP) is 2.45. The van der Waals surface area contributed by atoms with Crippen molar-refractivity contribution in [3.8, 4) is 11.5 Å². The lowest BCUT2D eigenvalue weighted by atomic mass is 10.1. The summed E-state index contributed by atoms with van der Waals surface area (Å²) in [5.74, 6) is 0.441. The van der Waals surface area contributed by atoms with Crippen LogP contribution in [-0.2, 0) is 6.42 Å². The fourth-order valence-corrected chi connectivity index (χ4v) is 1.44. The molecule has 0 atom stereocenters. The summed E-state index contributed by atoms with van der Waals surface area (Å²) in [6.07, 6.45) is 0.811. The third kappa shape index (κ3) is 4.56. The van der Waals surface area contributed by atoms with Gasteiger partial charge in [0.15, 0.2) is 11.5 Å². The van der Waals surface area contributed by atoms with Gasteiger partial charge in [-0.15, -0.1) is 0 Å². The van der Waals surface area contributed by atoms with E-state index in [4.69, 9.17) is 4.74 Å². The van der Waals surface area contributed by atoms with Gasteiger partial charge in [-0.25, -0.2) is 0 Å². The molecule has 0 radical (unpaired) electrons. The van der Waals surface area contributed by atoms with Gasteiger partial charge in [-0.1, -0.05) is 6.07 Å². The zero-order chi connectivity index (χ0) is 12.7. The van der Waals surface area contributed by atoms with Crippen LogP contribution in [0.4, 0.5) is 8.78 Å². The quantitative estimate of drug-likeness (QED) is 0.800. The summed E-state index contributed by atoms with van der Waals surface area (Å²) in [6, 6.07) is 5.01. The molecule has 3 nitrogen and oxygen atoms in total. The molecule has 0 heterocycles. The van der Waals surface area contributed by atoms with Gasteiger partial charge in [0.05, 0.1) is 6.61 Å². The molecule has 1 N–H and O–H groups in total. The first-order chi connectivity index (χ1) is 8.17. The SMILES string of the molecule is CCOc1cc(CCNC)ccc1OC(F)F. The van der Waals surface area contributed by atoms with Crippen LogP contribution in [0.3, 0.4) is 0 Å². The van der Waals surface area contributed by atoms with Crippen LogP contribution in [-0.4, -0.2) is 26.8 Å². The summed E-state index contributed by atoms with van der Waals surface area (Å²) in [4.78, 5) is 0. The summed E-state index contributed by atoms with van der Waals surface area (Å²) in [6.45, 7) is 0.194. The maximum atomic E-state index is 12.2. The second kappa shape index (κ2) is 7.06. The maximum Gasteiger partial charge on any atom is 0.387 e. The monoisotopic (exact) mass is 245 g/mol. The predicted molar refractivity (Wildman–Crippen MR) is 61.9 cm³/mol. The van der Waals surface area contributed by atoms with Crippen molar-refractivity contribution < 1.29 is 18.3 Å². The van der Waals surface area contributed by atoms with Gasteiger partial charge in [0.1, 0.15) is 0 Å². The highest BCUT2D eigenvalue weighted by Crippen LogP contribution is 2.29. The minimum atomic E-state index is -2.84. The van der Waals surface area contributed by atoms with Crippen LogP contribution in [0.2, 0.25) is 0 Å². The van der Waals surface area contributed by atoms with Crippen molar-refractivity contribution in [2.45, 2.75) is 20.0 Å². The highest BCUT2D eigenvalue weighted by atomic mass is 19.3. The van der Waals surface area contributed by atoms with E-state index in [1.54, 1.807) is 19.1 Å². The molecule has 0 bridgehead atoms. The number of likely N-dealkylation sites (N-methyl/N-ethyl adjacent to an activating group) is 1. The van der Waals surface area contributed by atoms with E-state index >= 15 is 0 Å². The lowest BCUT2D eigenvalue weighted by Gasteiger charge is -2.12. The zero-order valence-electron chi connectivity index (χ0n) is 10.0. The molecule has 1 aromatic rings. The molecule has 1 rings (SSSR count). The molecular weight excluding hydrogens is 228 g/mol. The Morgan fingerprint density at radius 3 is 2.65 bits per heavy atom. The van der Waals surface area contributed by atoms with Crippen molar-refractivity contribution >= 4 is 0 Å². The Bertz CT molecular complexity index is 345. The molecule has 0 aliphatic heterocycles. The normalized spacial score (nSPS) is 10.6. The van der Waals surface area contributed by atoms with Crippen LogP contribution in [0, 0.1) is 0 Å². The number of halogens is 2. The van der Waals surface area contributed by atoms with Gasteiger partial charge < -0.3 is 14.8 Å². The van der Waals surface area contributed by atoms with Crippen molar-refractivity contribution in [3.63, 3.8) is 0 Å². The van der Waals surface area contributed by atoms with E-state index in [0.717, 1.165) is 18.5 Å². The number of ether oxygens (including phenoxy) is 2. The minimum absolute atomic E-state index is 0.0788. The molecule has 0 saturated carbocycles. The number of alkyl halides is 2. The van der Waals surface area contributed by atoms with E-state index in [-0.39, 0.29) is 5.75 Å². The van der Waals surface area contributed by atoms with Crippen molar-refractivity contribution in [1.82, 2.24) is 5.32 Å². The van der Waals surface area contributed by atoms with Gasteiger partial charge in [-0.3, -0.25) is 0 Å². The zero-order valence-corrected chi connectivity index (χ0v) is 10.0. The van der Waals surface area contributed by atoms with Crippen LogP contribution in [0.1, 0.15) is 12.5 Å². The summed E-state index contributed by atoms with van der Waals surface area (Å²) < 4.78 is 34.0. The van der Waals surface area contributed by atoms with Crippen LogP contribution in [0.15, 0.2) is 18.2 Å². The third-order valence-corrected chi connectivity index (χ3v) is 2.19. The van der Waals surface area contributed by atoms with Crippen molar-refractivity contribution in [2.24, 2.45) is 0 Å². The topological polar surface area (TPSA) is 30.5 Å². The summed E-state index contributed by atoms with van der Waals surface area (Å²) >= 11 is 0. The molecule has 96 valence electrons. The van der Waals surface area contributed by atoms with Gasteiger partial charge in [-0.2, -0.15) is 8.78 Å². The number of rotatable bonds is 7. The molecule has 5 heteroatoms. The van der Waals surface area contributed by atoms with Gasteiger partial charge in [0.25, 0.3) is 0 Å². The summed E-state index contributed by atoms with van der Waals surface area (Å²) in [7, 11) is 1.86. The number of hydrogen-bond acceptors (Lipinski definition) is 3. The molecule has 0 aromatic heterocycles. The third-order valence-electron chi connectivity index (χ3n) is 2.19. The number of nitrogens with one attached hydrogen (secondary N) is 1. The van der Waals surface area contributed by atoms with Crippen LogP contribution in [0.25, 0.3) is 0 Å². The Balaban J connectivity index is 2.83. The van der Waals surface area contributed by atoms with Crippen LogP contribution in [0.5, 0.6) is 11.5 Å². The second-order valence-corrected chi connectivity index (χ2v) is 3.45. The molecule has 17 heavy (non-hydrogen) atoms. The second-order valence-electron chi connectivity index (χ2n) is 3.45. The van der Waals surface area contributed by atoms with Crippen molar-refractivity contribution in [1.29, 1.82) is 0 Å². The molecule has 0 amide bonds. The fourth-order valence-electron chi connectivity index (χ4n) is 1.44. The molecule has 0 unspecified atom stereocenters. The lowest BCUT2D eigenvalue weighted by Crippen LogP contribution is -2.10. The molecular formula is C12H17F2NO2. The van der Waals surface area contributed by atoms with Crippen molar-refractivity contribution in [3.05, 3.63) is 23.8 Å². The van der Waals surface area contributed by atoms with Gasteiger partial charge >= 0.3 is 6.61 Å². The molecule has 1 aromatic carbocycles. The Morgan fingerprint density at radius 1 is 1.29 bits per heavy atom. The standard InChI is InChI=1S/C12H17F2NO2/c1-3-16-11-8-9(6-7-15-2)4-5-10(11)17-12(13)14/h4-5,8,12,15H,3,6-7H2,1-2H3. The Kier molecular flexibility index (Phi) is 5.69. The molecule has 0 fully saturated rings. The number of hydrogen-bond donors (Lipinski definition) is 1. The molecule has 0 spiro atoms. The van der Waals surface area contributed by atoms with Gasteiger partial charge in [-0.05, 0) is 44.6 Å². The van der Waals surface area contributed by atoms with Crippen molar-refractivity contribution in [2.75, 3.05) is 20.2 Å². The Labute approximate surface area is 99.7 Å². The van der Waals surface area contributed by atoms with Crippen LogP contribution < -0.4 is 14.8 Å². The van der Waals surface area contributed by atoms with Gasteiger partial charge in [0.2, 0.25) is 0 Å². The maximum absolute atomic E-state index is 12.2. The van der Waals surface area contributed by atoms with E-state index < -0.39 is 6.61 Å².